The van der Waals surface area contributed by atoms with Gasteiger partial charge in [-0.2, -0.15) is 0 Å². The zero-order valence-corrected chi connectivity index (χ0v) is 13.7. The molecule has 1 aromatic heterocycles. The second-order valence-corrected chi connectivity index (χ2v) is 7.31. The molecule has 0 bridgehead atoms. The number of rotatable bonds is 6. The number of thiazole rings is 1. The SMILES string of the molecule is CCC(NS(=O)(=O)c1cccc(CN)c1C)c1nccs1. The fourth-order valence-electron chi connectivity index (χ4n) is 2.14. The van der Waals surface area contributed by atoms with Gasteiger partial charge in [0.25, 0.3) is 0 Å². The molecule has 1 unspecified atom stereocenters. The lowest BCUT2D eigenvalue weighted by atomic mass is 10.1. The van der Waals surface area contributed by atoms with Crippen LogP contribution < -0.4 is 10.5 Å². The first-order chi connectivity index (χ1) is 9.99. The standard InChI is InChI=1S/C14H19N3O2S2/c1-3-12(14-16-7-8-20-14)17-21(18,19)13-6-4-5-11(9-15)10(13)2/h4-8,12,17H,3,9,15H2,1-2H3. The number of nitrogens with two attached hydrogens (primary N) is 1. The molecule has 0 aliphatic carbocycles. The molecule has 0 aliphatic rings. The van der Waals surface area contributed by atoms with Crippen molar-refractivity contribution in [2.24, 2.45) is 5.73 Å². The van der Waals surface area contributed by atoms with Gasteiger partial charge in [0.15, 0.2) is 0 Å². The lowest BCUT2D eigenvalue weighted by Gasteiger charge is -2.17. The summed E-state index contributed by atoms with van der Waals surface area (Å²) in [4.78, 5) is 4.47. The summed E-state index contributed by atoms with van der Waals surface area (Å²) in [7, 11) is -3.60. The van der Waals surface area contributed by atoms with Gasteiger partial charge in [-0.15, -0.1) is 11.3 Å². The average molecular weight is 325 g/mol. The first-order valence-electron chi connectivity index (χ1n) is 6.70. The molecule has 0 saturated heterocycles. The number of benzene rings is 1. The summed E-state index contributed by atoms with van der Waals surface area (Å²) in [5, 5.41) is 2.61. The first-order valence-corrected chi connectivity index (χ1v) is 9.06. The first kappa shape index (κ1) is 16.1. The molecule has 7 heteroatoms. The van der Waals surface area contributed by atoms with Crippen LogP contribution in [-0.2, 0) is 16.6 Å². The van der Waals surface area contributed by atoms with Crippen LogP contribution in [0.2, 0.25) is 0 Å². The number of aromatic nitrogens is 1. The summed E-state index contributed by atoms with van der Waals surface area (Å²) >= 11 is 1.45. The van der Waals surface area contributed by atoms with Crippen molar-refractivity contribution in [3.8, 4) is 0 Å². The smallest absolute Gasteiger partial charge is 0.241 e. The van der Waals surface area contributed by atoms with Gasteiger partial charge in [0.1, 0.15) is 5.01 Å². The Bertz CT molecular complexity index is 697. The predicted molar refractivity (Wildman–Crippen MR) is 84.5 cm³/mol. The van der Waals surface area contributed by atoms with Gasteiger partial charge in [-0.05, 0) is 30.5 Å². The van der Waals surface area contributed by atoms with Gasteiger partial charge in [0, 0.05) is 18.1 Å². The summed E-state index contributed by atoms with van der Waals surface area (Å²) in [6, 6.07) is 4.85. The maximum atomic E-state index is 12.6. The molecule has 0 amide bonds. The van der Waals surface area contributed by atoms with E-state index < -0.39 is 10.0 Å². The van der Waals surface area contributed by atoms with Crippen LogP contribution in [0.5, 0.6) is 0 Å². The van der Waals surface area contributed by atoms with Gasteiger partial charge < -0.3 is 5.73 Å². The highest BCUT2D eigenvalue weighted by Gasteiger charge is 2.23. The molecule has 0 fully saturated rings. The van der Waals surface area contributed by atoms with Crippen LogP contribution in [-0.4, -0.2) is 13.4 Å². The van der Waals surface area contributed by atoms with Crippen LogP contribution in [0.25, 0.3) is 0 Å². The van der Waals surface area contributed by atoms with E-state index in [1.165, 1.54) is 11.3 Å². The highest BCUT2D eigenvalue weighted by Crippen LogP contribution is 2.24. The fraction of sp³-hybridized carbons (Fsp3) is 0.357. The van der Waals surface area contributed by atoms with Crippen molar-refractivity contribution >= 4 is 21.4 Å². The Morgan fingerprint density at radius 1 is 1.43 bits per heavy atom. The predicted octanol–water partition coefficient (Wildman–Crippen LogP) is 2.34. The summed E-state index contributed by atoms with van der Waals surface area (Å²) in [5.74, 6) is 0. The van der Waals surface area contributed by atoms with Crippen molar-refractivity contribution in [3.05, 3.63) is 45.9 Å². The van der Waals surface area contributed by atoms with E-state index in [0.29, 0.717) is 18.5 Å². The molecular formula is C14H19N3O2S2. The maximum absolute atomic E-state index is 12.6. The van der Waals surface area contributed by atoms with Gasteiger partial charge in [-0.3, -0.25) is 0 Å². The van der Waals surface area contributed by atoms with E-state index in [1.807, 2.05) is 18.4 Å². The summed E-state index contributed by atoms with van der Waals surface area (Å²) in [6.45, 7) is 4.03. The molecule has 0 aliphatic heterocycles. The largest absolute Gasteiger partial charge is 0.326 e. The third-order valence-electron chi connectivity index (χ3n) is 3.36. The Hall–Kier alpha value is -1.28. The van der Waals surface area contributed by atoms with E-state index in [9.17, 15) is 8.42 Å². The quantitative estimate of drug-likeness (QED) is 0.853. The molecule has 114 valence electrons. The van der Waals surface area contributed by atoms with Crippen LogP contribution >= 0.6 is 11.3 Å². The monoisotopic (exact) mass is 325 g/mol. The summed E-state index contributed by atoms with van der Waals surface area (Å²) < 4.78 is 28.0. The van der Waals surface area contributed by atoms with E-state index in [2.05, 4.69) is 9.71 Å². The third kappa shape index (κ3) is 3.49. The molecule has 0 radical (unpaired) electrons. The van der Waals surface area contributed by atoms with Gasteiger partial charge in [-0.25, -0.2) is 18.1 Å². The molecule has 3 N–H and O–H groups in total. The Balaban J connectivity index is 2.34. The van der Waals surface area contributed by atoms with Crippen LogP contribution in [0.3, 0.4) is 0 Å². The van der Waals surface area contributed by atoms with E-state index in [0.717, 1.165) is 10.6 Å². The van der Waals surface area contributed by atoms with Crippen LogP contribution in [0.4, 0.5) is 0 Å². The molecule has 1 heterocycles. The Labute approximate surface area is 129 Å². The van der Waals surface area contributed by atoms with Gasteiger partial charge in [0.2, 0.25) is 10.0 Å². The minimum absolute atomic E-state index is 0.278. The zero-order chi connectivity index (χ0) is 15.5. The number of hydrogen-bond acceptors (Lipinski definition) is 5. The minimum Gasteiger partial charge on any atom is -0.326 e. The molecule has 2 aromatic rings. The normalized spacial score (nSPS) is 13.3. The zero-order valence-electron chi connectivity index (χ0n) is 12.0. The van der Waals surface area contributed by atoms with Crippen molar-refractivity contribution in [3.63, 3.8) is 0 Å². The van der Waals surface area contributed by atoms with E-state index in [-0.39, 0.29) is 10.9 Å². The Kier molecular flexibility index (Phi) is 5.10. The minimum atomic E-state index is -3.60. The van der Waals surface area contributed by atoms with Crippen molar-refractivity contribution in [1.82, 2.24) is 9.71 Å². The van der Waals surface area contributed by atoms with Crippen molar-refractivity contribution in [1.29, 1.82) is 0 Å². The molecule has 1 aromatic carbocycles. The van der Waals surface area contributed by atoms with Gasteiger partial charge in [0.05, 0.1) is 10.9 Å². The molecule has 1 atom stereocenters. The molecule has 2 rings (SSSR count). The molecular weight excluding hydrogens is 306 g/mol. The number of nitrogens with one attached hydrogen (secondary N) is 1. The van der Waals surface area contributed by atoms with Crippen LogP contribution in [0, 0.1) is 6.92 Å². The second-order valence-electron chi connectivity index (χ2n) is 4.70. The van der Waals surface area contributed by atoms with Gasteiger partial charge in [-0.1, -0.05) is 19.1 Å². The molecule has 5 nitrogen and oxygen atoms in total. The fourth-order valence-corrected chi connectivity index (χ4v) is 4.56. The molecule has 0 saturated carbocycles. The molecule has 0 spiro atoms. The molecule has 21 heavy (non-hydrogen) atoms. The second kappa shape index (κ2) is 6.65. The highest BCUT2D eigenvalue weighted by atomic mass is 32.2. The lowest BCUT2D eigenvalue weighted by molar-refractivity contribution is 0.548. The van der Waals surface area contributed by atoms with Crippen molar-refractivity contribution in [2.45, 2.75) is 37.8 Å². The number of sulfonamides is 1. The Morgan fingerprint density at radius 3 is 2.76 bits per heavy atom. The van der Waals surface area contributed by atoms with Crippen LogP contribution in [0.15, 0.2) is 34.7 Å². The lowest BCUT2D eigenvalue weighted by Crippen LogP contribution is -2.29. The summed E-state index contributed by atoms with van der Waals surface area (Å²) in [6.07, 6.45) is 2.32. The summed E-state index contributed by atoms with van der Waals surface area (Å²) in [5.41, 5.74) is 7.17. The van der Waals surface area contributed by atoms with Gasteiger partial charge >= 0.3 is 0 Å². The topological polar surface area (TPSA) is 85.1 Å². The highest BCUT2D eigenvalue weighted by molar-refractivity contribution is 7.89. The van der Waals surface area contributed by atoms with Crippen molar-refractivity contribution in [2.75, 3.05) is 0 Å². The van der Waals surface area contributed by atoms with E-state index >= 15 is 0 Å². The van der Waals surface area contributed by atoms with E-state index in [4.69, 9.17) is 5.73 Å². The number of nitrogens with zero attached hydrogens (tertiary/aromatic N) is 1. The maximum Gasteiger partial charge on any atom is 0.241 e. The van der Waals surface area contributed by atoms with Crippen molar-refractivity contribution < 1.29 is 8.42 Å². The number of hydrogen-bond donors (Lipinski definition) is 2. The van der Waals surface area contributed by atoms with Crippen LogP contribution in [0.1, 0.15) is 35.5 Å². The Morgan fingerprint density at radius 2 is 2.19 bits per heavy atom. The third-order valence-corrected chi connectivity index (χ3v) is 5.87. The van der Waals surface area contributed by atoms with E-state index in [1.54, 1.807) is 25.3 Å². The average Bonchev–Trinajstić information content (AvgIpc) is 2.99.